The second kappa shape index (κ2) is 8.52. The smallest absolute Gasteiger partial charge is 0.162 e. The predicted octanol–water partition coefficient (Wildman–Crippen LogP) is 5.44. The quantitative estimate of drug-likeness (QED) is 0.481. The highest BCUT2D eigenvalue weighted by atomic mass is 28.3. The molecule has 0 saturated carbocycles. The van der Waals surface area contributed by atoms with E-state index in [0.717, 1.165) is 12.1 Å². The van der Waals surface area contributed by atoms with Gasteiger partial charge in [0.15, 0.2) is 11.6 Å². The molecule has 117 valence electrons. The summed E-state index contributed by atoms with van der Waals surface area (Å²) in [6.45, 7) is 2.89. The van der Waals surface area contributed by atoms with Crippen LogP contribution in [-0.2, 0) is 0 Å². The Morgan fingerprint density at radius 3 is 2.57 bits per heavy atom. The number of hydrogen-bond donors (Lipinski definition) is 0. The summed E-state index contributed by atoms with van der Waals surface area (Å²) >= 11 is 0. The highest BCUT2D eigenvalue weighted by Gasteiger charge is 2.22. The van der Waals surface area contributed by atoms with Crippen molar-refractivity contribution in [2.75, 3.05) is 6.61 Å². The van der Waals surface area contributed by atoms with Gasteiger partial charge in [-0.25, -0.2) is 8.78 Å². The summed E-state index contributed by atoms with van der Waals surface area (Å²) in [5.74, 6) is -0.636. The third kappa shape index (κ3) is 5.42. The Labute approximate surface area is 128 Å². The molecule has 1 radical (unpaired) electrons. The van der Waals surface area contributed by atoms with Crippen LogP contribution in [0.2, 0.25) is 18.1 Å². The van der Waals surface area contributed by atoms with Crippen LogP contribution in [0, 0.1) is 17.6 Å². The van der Waals surface area contributed by atoms with Gasteiger partial charge >= 0.3 is 0 Å². The van der Waals surface area contributed by atoms with E-state index < -0.39 is 11.6 Å². The fourth-order valence-electron chi connectivity index (χ4n) is 2.91. The first-order valence-electron chi connectivity index (χ1n) is 8.10. The van der Waals surface area contributed by atoms with Crippen LogP contribution in [0.25, 0.3) is 0 Å². The Balaban J connectivity index is 1.67. The van der Waals surface area contributed by atoms with Crippen molar-refractivity contribution >= 4 is 8.80 Å². The van der Waals surface area contributed by atoms with Crippen molar-refractivity contribution in [2.24, 2.45) is 5.92 Å². The summed E-state index contributed by atoms with van der Waals surface area (Å²) < 4.78 is 31.5. The number of hydrogen-bond acceptors (Lipinski definition) is 1. The van der Waals surface area contributed by atoms with Gasteiger partial charge in [0, 0.05) is 14.9 Å². The number of rotatable bonds is 7. The molecule has 2 rings (SSSR count). The standard InChI is InChI=1S/C17H25F2OSi/c1-2-3-4-9-21-10-7-14(8-11-21)13-20-15-5-6-16(18)17(19)12-15/h5-6,12,14H,2-4,7-11,13H2,1H3. The van der Waals surface area contributed by atoms with E-state index in [4.69, 9.17) is 4.74 Å². The van der Waals surface area contributed by atoms with E-state index in [9.17, 15) is 8.78 Å². The van der Waals surface area contributed by atoms with E-state index in [1.807, 2.05) is 0 Å². The lowest BCUT2D eigenvalue weighted by molar-refractivity contribution is 0.235. The third-order valence-electron chi connectivity index (χ3n) is 4.32. The molecule has 1 aliphatic rings. The van der Waals surface area contributed by atoms with E-state index in [-0.39, 0.29) is 8.80 Å². The van der Waals surface area contributed by atoms with Gasteiger partial charge in [-0.2, -0.15) is 0 Å². The van der Waals surface area contributed by atoms with Crippen molar-refractivity contribution in [3.8, 4) is 5.75 Å². The minimum atomic E-state index is -0.836. The lowest BCUT2D eigenvalue weighted by Gasteiger charge is -2.27. The summed E-state index contributed by atoms with van der Waals surface area (Å²) in [7, 11) is -0.112. The zero-order chi connectivity index (χ0) is 15.1. The maximum absolute atomic E-state index is 13.1. The minimum Gasteiger partial charge on any atom is -0.493 e. The second-order valence-corrected chi connectivity index (χ2v) is 9.04. The molecule has 1 heterocycles. The predicted molar refractivity (Wildman–Crippen MR) is 84.3 cm³/mol. The first kappa shape index (κ1) is 16.5. The summed E-state index contributed by atoms with van der Waals surface area (Å²) in [4.78, 5) is 0. The molecule has 21 heavy (non-hydrogen) atoms. The van der Waals surface area contributed by atoms with Crippen LogP contribution >= 0.6 is 0 Å². The van der Waals surface area contributed by atoms with Gasteiger partial charge in [-0.1, -0.05) is 44.3 Å². The van der Waals surface area contributed by atoms with Crippen LogP contribution in [0.15, 0.2) is 18.2 Å². The molecule has 1 aromatic rings. The van der Waals surface area contributed by atoms with E-state index >= 15 is 0 Å². The molecule has 0 amide bonds. The summed E-state index contributed by atoms with van der Waals surface area (Å²) in [6, 6.07) is 8.01. The van der Waals surface area contributed by atoms with Crippen molar-refractivity contribution in [3.05, 3.63) is 29.8 Å². The summed E-state index contributed by atoms with van der Waals surface area (Å²) in [5.41, 5.74) is 0. The Morgan fingerprint density at radius 1 is 1.14 bits per heavy atom. The van der Waals surface area contributed by atoms with Gasteiger partial charge in [0.2, 0.25) is 0 Å². The molecule has 1 nitrogen and oxygen atoms in total. The highest BCUT2D eigenvalue weighted by Crippen LogP contribution is 2.29. The van der Waals surface area contributed by atoms with Crippen molar-refractivity contribution in [2.45, 2.75) is 57.2 Å². The van der Waals surface area contributed by atoms with E-state index in [1.165, 1.54) is 56.3 Å². The highest BCUT2D eigenvalue weighted by molar-refractivity contribution is 6.58. The van der Waals surface area contributed by atoms with Crippen LogP contribution in [0.4, 0.5) is 8.78 Å². The molecule has 1 fully saturated rings. The molecule has 1 aliphatic heterocycles. The van der Waals surface area contributed by atoms with E-state index in [0.29, 0.717) is 18.3 Å². The van der Waals surface area contributed by atoms with Crippen LogP contribution in [-0.4, -0.2) is 15.4 Å². The molecule has 0 atom stereocenters. The molecule has 0 N–H and O–H groups in total. The van der Waals surface area contributed by atoms with Crippen LogP contribution in [0.5, 0.6) is 5.75 Å². The topological polar surface area (TPSA) is 9.23 Å². The number of benzene rings is 1. The lowest BCUT2D eigenvalue weighted by Crippen LogP contribution is -2.24. The molecular formula is C17H25F2OSi. The zero-order valence-electron chi connectivity index (χ0n) is 12.8. The van der Waals surface area contributed by atoms with Gasteiger partial charge in [-0.15, -0.1) is 0 Å². The minimum absolute atomic E-state index is 0.112. The first-order valence-corrected chi connectivity index (χ1v) is 10.2. The second-order valence-electron chi connectivity index (χ2n) is 6.04. The lowest BCUT2D eigenvalue weighted by atomic mass is 10.0. The molecule has 0 aliphatic carbocycles. The first-order chi connectivity index (χ1) is 10.2. The Kier molecular flexibility index (Phi) is 6.68. The van der Waals surface area contributed by atoms with Crippen LogP contribution < -0.4 is 4.74 Å². The van der Waals surface area contributed by atoms with Crippen molar-refractivity contribution in [1.29, 1.82) is 0 Å². The molecule has 0 aromatic heterocycles. The van der Waals surface area contributed by atoms with Crippen molar-refractivity contribution in [1.82, 2.24) is 0 Å². The normalized spacial score (nSPS) is 17.1. The molecule has 0 unspecified atom stereocenters. The molecule has 4 heteroatoms. The average molecular weight is 311 g/mol. The molecule has 1 saturated heterocycles. The SMILES string of the molecule is CCCCC[Si]1CCC(COc2ccc(F)c(F)c2)CC1. The fourth-order valence-corrected chi connectivity index (χ4v) is 6.04. The van der Waals surface area contributed by atoms with E-state index in [2.05, 4.69) is 6.92 Å². The third-order valence-corrected chi connectivity index (χ3v) is 7.38. The molecule has 1 aromatic carbocycles. The monoisotopic (exact) mass is 311 g/mol. The largest absolute Gasteiger partial charge is 0.493 e. The Morgan fingerprint density at radius 2 is 1.90 bits per heavy atom. The number of unbranched alkanes of at least 4 members (excludes halogenated alkanes) is 2. The maximum atomic E-state index is 13.1. The Bertz CT molecular complexity index is 431. The summed E-state index contributed by atoms with van der Waals surface area (Å²) in [6.07, 6.45) is 6.56. The van der Waals surface area contributed by atoms with Crippen molar-refractivity contribution < 1.29 is 13.5 Å². The van der Waals surface area contributed by atoms with Gasteiger partial charge in [0.05, 0.1) is 6.61 Å². The van der Waals surface area contributed by atoms with Gasteiger partial charge in [-0.05, 0) is 30.9 Å². The van der Waals surface area contributed by atoms with Gasteiger partial charge in [0.25, 0.3) is 0 Å². The molecular weight excluding hydrogens is 286 g/mol. The number of ether oxygens (including phenoxy) is 1. The van der Waals surface area contributed by atoms with Crippen molar-refractivity contribution in [3.63, 3.8) is 0 Å². The molecule has 0 bridgehead atoms. The fraction of sp³-hybridized carbons (Fsp3) is 0.647. The van der Waals surface area contributed by atoms with Gasteiger partial charge < -0.3 is 4.74 Å². The molecule has 0 spiro atoms. The van der Waals surface area contributed by atoms with Gasteiger partial charge in [0.1, 0.15) is 5.75 Å². The zero-order valence-corrected chi connectivity index (χ0v) is 13.8. The maximum Gasteiger partial charge on any atom is 0.162 e. The Hall–Kier alpha value is -0.903. The van der Waals surface area contributed by atoms with E-state index in [1.54, 1.807) is 0 Å². The van der Waals surface area contributed by atoms with Crippen LogP contribution in [0.3, 0.4) is 0 Å². The average Bonchev–Trinajstić information content (AvgIpc) is 2.50. The van der Waals surface area contributed by atoms with Crippen LogP contribution in [0.1, 0.15) is 39.0 Å². The van der Waals surface area contributed by atoms with Gasteiger partial charge in [-0.3, -0.25) is 0 Å². The summed E-state index contributed by atoms with van der Waals surface area (Å²) in [5, 5.41) is 0. The number of halogens is 2.